The molecule has 3 atom stereocenters. The van der Waals surface area contributed by atoms with Gasteiger partial charge in [0.25, 0.3) is 5.78 Å². The second-order valence-electron chi connectivity index (χ2n) is 4.65. The molecule has 11 heteroatoms. The van der Waals surface area contributed by atoms with Gasteiger partial charge in [0, 0.05) is 33.0 Å². The number of rotatable bonds is 8. The molecule has 0 aromatic carbocycles. The van der Waals surface area contributed by atoms with Gasteiger partial charge < -0.3 is 18.9 Å². The molecule has 140 valence electrons. The summed E-state index contributed by atoms with van der Waals surface area (Å²) in [6.45, 7) is 3.88. The highest BCUT2D eigenvalue weighted by Gasteiger charge is 2.44. The van der Waals surface area contributed by atoms with Gasteiger partial charge >= 0.3 is 29.8 Å². The molecule has 0 radical (unpaired) electrons. The Hall–Kier alpha value is -2.30. The minimum Gasteiger partial charge on any atom is -0.458 e. The monoisotopic (exact) mass is 424 g/mol. The smallest absolute Gasteiger partial charge is 0.386 e. The largest absolute Gasteiger partial charge is 0.458 e. The van der Waals surface area contributed by atoms with Crippen LogP contribution < -0.4 is 0 Å². The lowest BCUT2D eigenvalue weighted by molar-refractivity contribution is -0.186. The molecule has 0 aliphatic rings. The van der Waals surface area contributed by atoms with E-state index in [0.717, 1.165) is 27.7 Å². The average Bonchev–Trinajstić information content (AvgIpc) is 2.46. The van der Waals surface area contributed by atoms with Crippen molar-refractivity contribution in [2.75, 3.05) is 5.33 Å². The lowest BCUT2D eigenvalue weighted by Gasteiger charge is -2.29. The van der Waals surface area contributed by atoms with Crippen LogP contribution in [0.2, 0.25) is 0 Å². The molecular formula is C14H17BrO10. The van der Waals surface area contributed by atoms with Crippen molar-refractivity contribution in [2.24, 2.45) is 0 Å². The summed E-state index contributed by atoms with van der Waals surface area (Å²) in [5, 5.41) is -0.114. The standard InChI is InChI=1S/C14H17BrO10/c1-6(16)22-10(5-15)12(23-7(2)17)13(24-8(3)18)11(20)14(21)25-9(4)19/h10,12-13H,5H2,1-4H3/t10-,12-,13-/m1/s1. The van der Waals surface area contributed by atoms with Gasteiger partial charge in [-0.1, -0.05) is 15.9 Å². The molecular weight excluding hydrogens is 408 g/mol. The summed E-state index contributed by atoms with van der Waals surface area (Å²) in [6, 6.07) is 0. The molecule has 0 fully saturated rings. The predicted molar refractivity (Wildman–Crippen MR) is 82.2 cm³/mol. The number of halogens is 1. The van der Waals surface area contributed by atoms with E-state index in [4.69, 9.17) is 14.2 Å². The van der Waals surface area contributed by atoms with E-state index >= 15 is 0 Å². The van der Waals surface area contributed by atoms with Crippen molar-refractivity contribution in [3.63, 3.8) is 0 Å². The number of ether oxygens (including phenoxy) is 4. The van der Waals surface area contributed by atoms with E-state index in [1.165, 1.54) is 0 Å². The zero-order valence-corrected chi connectivity index (χ0v) is 15.5. The van der Waals surface area contributed by atoms with Crippen LogP contribution in [0.15, 0.2) is 0 Å². The summed E-state index contributed by atoms with van der Waals surface area (Å²) in [7, 11) is 0. The summed E-state index contributed by atoms with van der Waals surface area (Å²) >= 11 is 3.01. The van der Waals surface area contributed by atoms with E-state index < -0.39 is 53.9 Å². The molecule has 0 aromatic rings. The van der Waals surface area contributed by atoms with Gasteiger partial charge in [-0.15, -0.1) is 0 Å². The number of hydrogen-bond acceptors (Lipinski definition) is 10. The number of Topliss-reactive ketones (excluding diaryl/α,β-unsaturated/α-hetero) is 1. The van der Waals surface area contributed by atoms with Gasteiger partial charge in [0.1, 0.15) is 0 Å². The number of hydrogen-bond donors (Lipinski definition) is 0. The highest BCUT2D eigenvalue weighted by Crippen LogP contribution is 2.17. The van der Waals surface area contributed by atoms with Crippen molar-refractivity contribution < 1.29 is 47.7 Å². The van der Waals surface area contributed by atoms with Gasteiger partial charge in [-0.3, -0.25) is 24.0 Å². The maximum Gasteiger partial charge on any atom is 0.386 e. The summed E-state index contributed by atoms with van der Waals surface area (Å²) in [5.74, 6) is -6.81. The molecule has 0 bridgehead atoms. The maximum atomic E-state index is 12.2. The molecule has 0 aromatic heterocycles. The molecule has 0 N–H and O–H groups in total. The second kappa shape index (κ2) is 10.5. The number of alkyl halides is 1. The first-order valence-corrected chi connectivity index (χ1v) is 7.95. The van der Waals surface area contributed by atoms with E-state index in [0.29, 0.717) is 0 Å². The third-order valence-corrected chi connectivity index (χ3v) is 3.06. The number of ketones is 1. The van der Waals surface area contributed by atoms with E-state index in [-0.39, 0.29) is 5.33 Å². The maximum absolute atomic E-state index is 12.2. The van der Waals surface area contributed by atoms with Gasteiger partial charge in [0.15, 0.2) is 12.2 Å². The summed E-state index contributed by atoms with van der Waals surface area (Å²) < 4.78 is 18.7. The molecule has 0 heterocycles. The molecule has 0 aliphatic heterocycles. The van der Waals surface area contributed by atoms with Crippen molar-refractivity contribution in [3.05, 3.63) is 0 Å². The van der Waals surface area contributed by atoms with Gasteiger partial charge in [-0.25, -0.2) is 4.79 Å². The molecule has 0 saturated carbocycles. The second-order valence-corrected chi connectivity index (χ2v) is 5.30. The molecule has 0 spiro atoms. The fourth-order valence-electron chi connectivity index (χ4n) is 1.67. The van der Waals surface area contributed by atoms with Crippen LogP contribution in [0.4, 0.5) is 0 Å². The van der Waals surface area contributed by atoms with Crippen molar-refractivity contribution in [1.82, 2.24) is 0 Å². The molecule has 10 nitrogen and oxygen atoms in total. The highest BCUT2D eigenvalue weighted by molar-refractivity contribution is 9.09. The van der Waals surface area contributed by atoms with Crippen LogP contribution in [0.25, 0.3) is 0 Å². The van der Waals surface area contributed by atoms with Crippen LogP contribution in [0.1, 0.15) is 27.7 Å². The molecule has 0 amide bonds. The van der Waals surface area contributed by atoms with Crippen LogP contribution in [0.5, 0.6) is 0 Å². The van der Waals surface area contributed by atoms with Crippen LogP contribution in [0.3, 0.4) is 0 Å². The van der Waals surface area contributed by atoms with E-state index in [2.05, 4.69) is 20.7 Å². The van der Waals surface area contributed by atoms with Gasteiger partial charge in [0.05, 0.1) is 0 Å². The lowest BCUT2D eigenvalue weighted by atomic mass is 10.0. The fraction of sp³-hybridized carbons (Fsp3) is 0.571. The third kappa shape index (κ3) is 8.38. The van der Waals surface area contributed by atoms with Crippen molar-refractivity contribution in [1.29, 1.82) is 0 Å². The highest BCUT2D eigenvalue weighted by atomic mass is 79.9. The normalized spacial score (nSPS) is 13.6. The lowest BCUT2D eigenvalue weighted by Crippen LogP contribution is -2.51. The van der Waals surface area contributed by atoms with E-state index in [9.17, 15) is 28.8 Å². The summed E-state index contributed by atoms with van der Waals surface area (Å²) in [4.78, 5) is 68.4. The summed E-state index contributed by atoms with van der Waals surface area (Å²) in [6.07, 6.45) is -4.88. The van der Waals surface area contributed by atoms with Crippen LogP contribution in [0, 0.1) is 0 Å². The van der Waals surface area contributed by atoms with Crippen LogP contribution >= 0.6 is 15.9 Å². The summed E-state index contributed by atoms with van der Waals surface area (Å²) in [5.41, 5.74) is 0. The van der Waals surface area contributed by atoms with Gasteiger partial charge in [-0.05, 0) is 0 Å². The zero-order valence-electron chi connectivity index (χ0n) is 13.9. The fourth-order valence-corrected chi connectivity index (χ4v) is 2.17. The molecule has 0 unspecified atom stereocenters. The molecule has 0 aliphatic carbocycles. The van der Waals surface area contributed by atoms with Crippen molar-refractivity contribution >= 4 is 51.6 Å². The van der Waals surface area contributed by atoms with Crippen LogP contribution in [-0.2, 0) is 47.7 Å². The topological polar surface area (TPSA) is 139 Å². The Morgan fingerprint density at radius 3 is 1.60 bits per heavy atom. The Labute approximate surface area is 151 Å². The molecule has 25 heavy (non-hydrogen) atoms. The SMILES string of the molecule is CC(=O)OC(=O)C(=O)[C@@H](OC(C)=O)[C@H](OC(C)=O)[C@@H](CBr)OC(C)=O. The van der Waals surface area contributed by atoms with Crippen molar-refractivity contribution in [3.8, 4) is 0 Å². The Kier molecular flexibility index (Phi) is 9.57. The third-order valence-electron chi connectivity index (χ3n) is 2.43. The Morgan fingerprint density at radius 2 is 1.24 bits per heavy atom. The van der Waals surface area contributed by atoms with Gasteiger partial charge in [-0.2, -0.15) is 0 Å². The number of carbonyl (C=O) groups is 6. The van der Waals surface area contributed by atoms with Crippen molar-refractivity contribution in [2.45, 2.75) is 46.0 Å². The number of esters is 5. The molecule has 0 saturated heterocycles. The Balaban J connectivity index is 5.81. The van der Waals surface area contributed by atoms with E-state index in [1.54, 1.807) is 0 Å². The number of carbonyl (C=O) groups excluding carboxylic acids is 6. The predicted octanol–water partition coefficient (Wildman–Crippen LogP) is -0.165. The quantitative estimate of drug-likeness (QED) is 0.169. The average molecular weight is 425 g/mol. The minimum atomic E-state index is -1.98. The molecule has 0 rings (SSSR count). The Bertz CT molecular complexity index is 570. The first-order valence-electron chi connectivity index (χ1n) is 6.83. The first kappa shape index (κ1) is 22.7. The van der Waals surface area contributed by atoms with Gasteiger partial charge in [0.2, 0.25) is 6.10 Å². The van der Waals surface area contributed by atoms with Crippen LogP contribution in [-0.4, -0.2) is 59.3 Å². The zero-order chi connectivity index (χ0) is 19.7. The first-order chi connectivity index (χ1) is 11.5. The van der Waals surface area contributed by atoms with E-state index in [1.807, 2.05) is 0 Å². The minimum absolute atomic E-state index is 0.114. The Morgan fingerprint density at radius 1 is 0.760 bits per heavy atom.